The van der Waals surface area contributed by atoms with Gasteiger partial charge < -0.3 is 5.73 Å². The van der Waals surface area contributed by atoms with Crippen molar-refractivity contribution >= 4 is 0 Å². The van der Waals surface area contributed by atoms with Crippen molar-refractivity contribution < 1.29 is 0 Å². The molecule has 1 heteroatoms. The summed E-state index contributed by atoms with van der Waals surface area (Å²) in [5.74, 6) is 0.664. The Morgan fingerprint density at radius 3 is 2.35 bits per heavy atom. The molecule has 2 rings (SSSR count). The van der Waals surface area contributed by atoms with Crippen LogP contribution in [0.4, 0.5) is 0 Å². The summed E-state index contributed by atoms with van der Waals surface area (Å²) in [5, 5.41) is 0. The second kappa shape index (κ2) is 11.2. The molecule has 2 aromatic carbocycles. The van der Waals surface area contributed by atoms with Crippen LogP contribution in [0.15, 0.2) is 42.5 Å². The summed E-state index contributed by atoms with van der Waals surface area (Å²) in [6.07, 6.45) is 9.59. The summed E-state index contributed by atoms with van der Waals surface area (Å²) in [5.41, 5.74) is 13.1. The third-order valence-electron chi connectivity index (χ3n) is 5.65. The lowest BCUT2D eigenvalue weighted by Gasteiger charge is -2.17. The number of hydrogen-bond acceptors (Lipinski definition) is 1. The van der Waals surface area contributed by atoms with E-state index in [1.165, 1.54) is 66.3 Å². The first kappa shape index (κ1) is 20.7. The first-order chi connectivity index (χ1) is 12.7. The predicted octanol–water partition coefficient (Wildman–Crippen LogP) is 6.36. The highest BCUT2D eigenvalue weighted by Crippen LogP contribution is 2.27. The molecule has 1 unspecified atom stereocenters. The van der Waals surface area contributed by atoms with Crippen molar-refractivity contribution in [3.05, 3.63) is 70.3 Å². The molecule has 2 N–H and O–H groups in total. The molecule has 142 valence electrons. The number of unbranched alkanes of at least 4 members (excludes halogenated alkanes) is 1. The van der Waals surface area contributed by atoms with Crippen molar-refractivity contribution in [2.24, 2.45) is 5.73 Å². The van der Waals surface area contributed by atoms with Gasteiger partial charge in [-0.1, -0.05) is 56.3 Å². The highest BCUT2D eigenvalue weighted by molar-refractivity contribution is 5.33. The molecule has 0 aromatic heterocycles. The summed E-state index contributed by atoms with van der Waals surface area (Å²) in [7, 11) is 0. The van der Waals surface area contributed by atoms with Gasteiger partial charge in [0.1, 0.15) is 0 Å². The molecule has 0 fully saturated rings. The van der Waals surface area contributed by atoms with E-state index in [0.29, 0.717) is 5.92 Å². The Balaban J connectivity index is 1.85. The van der Waals surface area contributed by atoms with E-state index in [1.807, 2.05) is 0 Å². The molecule has 0 saturated heterocycles. The number of aryl methyl sites for hydroxylation is 4. The number of rotatable bonds is 11. The number of benzene rings is 2. The topological polar surface area (TPSA) is 26.0 Å². The molecule has 0 spiro atoms. The van der Waals surface area contributed by atoms with E-state index in [-0.39, 0.29) is 0 Å². The Hall–Kier alpha value is -1.60. The summed E-state index contributed by atoms with van der Waals surface area (Å²) < 4.78 is 0. The summed E-state index contributed by atoms with van der Waals surface area (Å²) >= 11 is 0. The zero-order valence-corrected chi connectivity index (χ0v) is 17.1. The van der Waals surface area contributed by atoms with Crippen molar-refractivity contribution in [3.63, 3.8) is 0 Å². The van der Waals surface area contributed by atoms with Gasteiger partial charge in [-0.05, 0) is 98.6 Å². The minimum atomic E-state index is 0.664. The van der Waals surface area contributed by atoms with Crippen molar-refractivity contribution in [2.75, 3.05) is 6.54 Å². The van der Waals surface area contributed by atoms with E-state index in [9.17, 15) is 0 Å². The fourth-order valence-electron chi connectivity index (χ4n) is 3.87. The lowest BCUT2D eigenvalue weighted by molar-refractivity contribution is 0.580. The lowest BCUT2D eigenvalue weighted by atomic mass is 9.89. The summed E-state index contributed by atoms with van der Waals surface area (Å²) in [4.78, 5) is 0. The zero-order valence-electron chi connectivity index (χ0n) is 17.1. The van der Waals surface area contributed by atoms with Crippen LogP contribution in [0.25, 0.3) is 0 Å². The van der Waals surface area contributed by atoms with Gasteiger partial charge in [-0.15, -0.1) is 0 Å². The van der Waals surface area contributed by atoms with Gasteiger partial charge in [0.2, 0.25) is 0 Å². The Labute approximate surface area is 161 Å². The molecule has 0 radical (unpaired) electrons. The third-order valence-corrected chi connectivity index (χ3v) is 5.65. The maximum Gasteiger partial charge on any atom is -0.00771 e. The molecular weight excluding hydrogens is 314 g/mol. The molecule has 26 heavy (non-hydrogen) atoms. The van der Waals surface area contributed by atoms with Crippen LogP contribution >= 0.6 is 0 Å². The summed E-state index contributed by atoms with van der Waals surface area (Å²) in [6, 6.07) is 16.2. The SMILES string of the molecule is CCc1cccc(CCCCc2ccc(C(CC)CCCN)cc2C)c1. The Morgan fingerprint density at radius 1 is 0.885 bits per heavy atom. The third kappa shape index (κ3) is 6.29. The maximum atomic E-state index is 5.69. The fraction of sp³-hybridized carbons (Fsp3) is 0.520. The largest absolute Gasteiger partial charge is 0.330 e. The molecule has 0 heterocycles. The average molecular weight is 352 g/mol. The van der Waals surface area contributed by atoms with Gasteiger partial charge in [0.15, 0.2) is 0 Å². The minimum Gasteiger partial charge on any atom is -0.330 e. The number of nitrogens with two attached hydrogens (primary N) is 1. The molecule has 0 aliphatic rings. The van der Waals surface area contributed by atoms with Crippen LogP contribution in [0.5, 0.6) is 0 Å². The summed E-state index contributed by atoms with van der Waals surface area (Å²) in [6.45, 7) is 7.59. The van der Waals surface area contributed by atoms with E-state index < -0.39 is 0 Å². The van der Waals surface area contributed by atoms with Gasteiger partial charge in [0.25, 0.3) is 0 Å². The first-order valence-corrected chi connectivity index (χ1v) is 10.5. The minimum absolute atomic E-state index is 0.664. The molecule has 0 aliphatic carbocycles. The van der Waals surface area contributed by atoms with E-state index in [0.717, 1.165) is 19.4 Å². The molecular formula is C25H37N. The van der Waals surface area contributed by atoms with Gasteiger partial charge in [-0.25, -0.2) is 0 Å². The van der Waals surface area contributed by atoms with E-state index >= 15 is 0 Å². The van der Waals surface area contributed by atoms with Gasteiger partial charge in [-0.3, -0.25) is 0 Å². The van der Waals surface area contributed by atoms with Crippen molar-refractivity contribution in [1.82, 2.24) is 0 Å². The lowest BCUT2D eigenvalue weighted by Crippen LogP contribution is -2.04. The molecule has 1 nitrogen and oxygen atoms in total. The predicted molar refractivity (Wildman–Crippen MR) is 115 cm³/mol. The molecule has 0 bridgehead atoms. The van der Waals surface area contributed by atoms with Crippen LogP contribution in [0, 0.1) is 6.92 Å². The van der Waals surface area contributed by atoms with Crippen LogP contribution in [0.1, 0.15) is 79.7 Å². The monoisotopic (exact) mass is 351 g/mol. The standard InChI is InChI=1S/C25H37N/c1-4-21-11-8-12-22(19-21)10-6-7-13-24-15-16-25(18-20(24)3)23(5-2)14-9-17-26/h8,11-12,15-16,18-19,23H,4-7,9-10,13-14,17,26H2,1-3H3. The Morgan fingerprint density at radius 2 is 1.65 bits per heavy atom. The highest BCUT2D eigenvalue weighted by Gasteiger charge is 2.10. The van der Waals surface area contributed by atoms with Crippen LogP contribution in [0.3, 0.4) is 0 Å². The molecule has 2 aromatic rings. The van der Waals surface area contributed by atoms with Crippen molar-refractivity contribution in [1.29, 1.82) is 0 Å². The Bertz CT molecular complexity index is 659. The normalized spacial score (nSPS) is 12.3. The van der Waals surface area contributed by atoms with Gasteiger partial charge in [0, 0.05) is 0 Å². The molecule has 0 saturated carbocycles. The first-order valence-electron chi connectivity index (χ1n) is 10.5. The quantitative estimate of drug-likeness (QED) is 0.469. The number of hydrogen-bond donors (Lipinski definition) is 1. The van der Waals surface area contributed by atoms with E-state index in [1.54, 1.807) is 0 Å². The molecule has 0 aliphatic heterocycles. The Kier molecular flexibility index (Phi) is 8.91. The highest BCUT2D eigenvalue weighted by atomic mass is 14.5. The molecule has 0 amide bonds. The zero-order chi connectivity index (χ0) is 18.8. The van der Waals surface area contributed by atoms with E-state index in [4.69, 9.17) is 5.73 Å². The van der Waals surface area contributed by atoms with Crippen LogP contribution in [-0.4, -0.2) is 6.54 Å². The molecule has 1 atom stereocenters. The van der Waals surface area contributed by atoms with Crippen molar-refractivity contribution in [2.45, 2.75) is 78.1 Å². The fourth-order valence-corrected chi connectivity index (χ4v) is 3.87. The van der Waals surface area contributed by atoms with Crippen LogP contribution in [0.2, 0.25) is 0 Å². The second-order valence-corrected chi connectivity index (χ2v) is 7.60. The van der Waals surface area contributed by atoms with Gasteiger partial charge in [-0.2, -0.15) is 0 Å². The van der Waals surface area contributed by atoms with Gasteiger partial charge in [0.05, 0.1) is 0 Å². The van der Waals surface area contributed by atoms with Crippen LogP contribution in [-0.2, 0) is 19.3 Å². The van der Waals surface area contributed by atoms with Crippen molar-refractivity contribution in [3.8, 4) is 0 Å². The van der Waals surface area contributed by atoms with E-state index in [2.05, 4.69) is 63.2 Å². The van der Waals surface area contributed by atoms with Gasteiger partial charge >= 0.3 is 0 Å². The maximum absolute atomic E-state index is 5.69. The average Bonchev–Trinajstić information content (AvgIpc) is 2.67. The smallest absolute Gasteiger partial charge is 0.00771 e. The van der Waals surface area contributed by atoms with Crippen LogP contribution < -0.4 is 5.73 Å². The second-order valence-electron chi connectivity index (χ2n) is 7.60.